The van der Waals surface area contributed by atoms with E-state index in [9.17, 15) is 0 Å². The minimum absolute atomic E-state index is 0.335. The van der Waals surface area contributed by atoms with Gasteiger partial charge in [-0.15, -0.1) is 0 Å². The van der Waals surface area contributed by atoms with Gasteiger partial charge < -0.3 is 15.2 Å². The molecule has 4 nitrogen and oxygen atoms in total. The Kier molecular flexibility index (Phi) is 2.26. The van der Waals surface area contributed by atoms with Crippen molar-refractivity contribution >= 4 is 0 Å². The van der Waals surface area contributed by atoms with E-state index in [4.69, 9.17) is 15.2 Å². The van der Waals surface area contributed by atoms with Crippen molar-refractivity contribution in [3.05, 3.63) is 23.8 Å². The summed E-state index contributed by atoms with van der Waals surface area (Å²) < 4.78 is 10.7. The molecule has 1 unspecified atom stereocenters. The van der Waals surface area contributed by atoms with Gasteiger partial charge in [-0.1, -0.05) is 6.07 Å². The second kappa shape index (κ2) is 3.64. The maximum absolute atomic E-state index is 5.79. The van der Waals surface area contributed by atoms with Gasteiger partial charge in [0.1, 0.15) is 0 Å². The van der Waals surface area contributed by atoms with Crippen LogP contribution in [0.1, 0.15) is 18.5 Å². The minimum atomic E-state index is 0.335. The van der Waals surface area contributed by atoms with Crippen LogP contribution in [-0.2, 0) is 0 Å². The van der Waals surface area contributed by atoms with Crippen molar-refractivity contribution in [1.29, 1.82) is 0 Å². The predicted octanol–water partition coefficient (Wildman–Crippen LogP) is 1.12. The van der Waals surface area contributed by atoms with E-state index in [1.54, 1.807) is 0 Å². The standard InChI is InChI=1S/C12H16N2O2/c1-8(14-5-10(13)6-14)9-2-3-11-12(4-9)16-7-15-11/h2-4,8,10H,5-7,13H2,1H3. The van der Waals surface area contributed by atoms with Crippen LogP contribution in [0.25, 0.3) is 0 Å². The summed E-state index contributed by atoms with van der Waals surface area (Å²) in [6.07, 6.45) is 0. The van der Waals surface area contributed by atoms with Crippen LogP contribution < -0.4 is 15.2 Å². The third-order valence-corrected chi connectivity index (χ3v) is 3.36. The summed E-state index contributed by atoms with van der Waals surface area (Å²) in [4.78, 5) is 2.36. The topological polar surface area (TPSA) is 47.7 Å². The Balaban J connectivity index is 1.79. The molecule has 1 aromatic rings. The van der Waals surface area contributed by atoms with Gasteiger partial charge in [0.15, 0.2) is 11.5 Å². The first kappa shape index (κ1) is 9.93. The third kappa shape index (κ3) is 1.54. The molecule has 2 N–H and O–H groups in total. The summed E-state index contributed by atoms with van der Waals surface area (Å²) in [6.45, 7) is 4.50. The molecule has 2 aliphatic rings. The fourth-order valence-electron chi connectivity index (χ4n) is 2.25. The highest BCUT2D eigenvalue weighted by Crippen LogP contribution is 2.36. The molecule has 1 aromatic carbocycles. The first-order valence-corrected chi connectivity index (χ1v) is 5.63. The molecule has 16 heavy (non-hydrogen) atoms. The first-order chi connectivity index (χ1) is 7.74. The highest BCUT2D eigenvalue weighted by atomic mass is 16.7. The lowest BCUT2D eigenvalue weighted by molar-refractivity contribution is 0.103. The van der Waals surface area contributed by atoms with Crippen LogP contribution in [0, 0.1) is 0 Å². The van der Waals surface area contributed by atoms with Crippen molar-refractivity contribution in [2.75, 3.05) is 19.9 Å². The van der Waals surface area contributed by atoms with Gasteiger partial charge in [0.25, 0.3) is 0 Å². The summed E-state index contributed by atoms with van der Waals surface area (Å²) in [5.74, 6) is 1.70. The molecule has 0 aromatic heterocycles. The lowest BCUT2D eigenvalue weighted by Gasteiger charge is -2.41. The lowest BCUT2D eigenvalue weighted by atomic mass is 10.0. The number of rotatable bonds is 2. The van der Waals surface area contributed by atoms with Gasteiger partial charge in [-0.3, -0.25) is 4.90 Å². The minimum Gasteiger partial charge on any atom is -0.454 e. The van der Waals surface area contributed by atoms with Crippen LogP contribution in [0.4, 0.5) is 0 Å². The number of nitrogens with two attached hydrogens (primary N) is 1. The number of ether oxygens (including phenoxy) is 2. The fourth-order valence-corrected chi connectivity index (χ4v) is 2.25. The zero-order valence-electron chi connectivity index (χ0n) is 9.35. The Bertz CT molecular complexity index is 402. The summed E-state index contributed by atoms with van der Waals surface area (Å²) in [6, 6.07) is 6.89. The van der Waals surface area contributed by atoms with E-state index in [1.807, 2.05) is 6.07 Å². The van der Waals surface area contributed by atoms with Crippen molar-refractivity contribution < 1.29 is 9.47 Å². The van der Waals surface area contributed by atoms with E-state index < -0.39 is 0 Å². The van der Waals surface area contributed by atoms with E-state index >= 15 is 0 Å². The van der Waals surface area contributed by atoms with Crippen LogP contribution in [0.2, 0.25) is 0 Å². The summed E-state index contributed by atoms with van der Waals surface area (Å²) >= 11 is 0. The van der Waals surface area contributed by atoms with Gasteiger partial charge in [-0.05, 0) is 24.6 Å². The largest absolute Gasteiger partial charge is 0.454 e. The van der Waals surface area contributed by atoms with E-state index in [2.05, 4.69) is 24.0 Å². The molecule has 1 atom stereocenters. The molecule has 2 heterocycles. The maximum Gasteiger partial charge on any atom is 0.231 e. The van der Waals surface area contributed by atoms with Gasteiger partial charge in [0.05, 0.1) is 0 Å². The molecule has 2 aliphatic heterocycles. The normalized spacial score (nSPS) is 21.9. The lowest BCUT2D eigenvalue weighted by Crippen LogP contribution is -2.56. The molecule has 0 bridgehead atoms. The monoisotopic (exact) mass is 220 g/mol. The molecule has 0 saturated carbocycles. The zero-order valence-corrected chi connectivity index (χ0v) is 9.35. The SMILES string of the molecule is CC(c1ccc2c(c1)OCO2)N1CC(N)C1. The van der Waals surface area contributed by atoms with Crippen molar-refractivity contribution in [3.8, 4) is 11.5 Å². The molecule has 1 fully saturated rings. The average molecular weight is 220 g/mol. The highest BCUT2D eigenvalue weighted by molar-refractivity contribution is 5.45. The Morgan fingerprint density at radius 3 is 2.81 bits per heavy atom. The van der Waals surface area contributed by atoms with Crippen molar-refractivity contribution in [2.24, 2.45) is 5.73 Å². The highest BCUT2D eigenvalue weighted by Gasteiger charge is 2.28. The molecule has 3 rings (SSSR count). The van der Waals surface area contributed by atoms with E-state index in [-0.39, 0.29) is 0 Å². The Hall–Kier alpha value is -1.26. The van der Waals surface area contributed by atoms with Crippen molar-refractivity contribution in [2.45, 2.75) is 19.0 Å². The van der Waals surface area contributed by atoms with Crippen LogP contribution in [-0.4, -0.2) is 30.8 Å². The quantitative estimate of drug-likeness (QED) is 0.811. The average Bonchev–Trinajstić information content (AvgIpc) is 2.70. The van der Waals surface area contributed by atoms with Crippen LogP contribution in [0.15, 0.2) is 18.2 Å². The van der Waals surface area contributed by atoms with E-state index in [0.717, 1.165) is 24.6 Å². The summed E-state index contributed by atoms with van der Waals surface area (Å²) in [5, 5.41) is 0. The Morgan fingerprint density at radius 2 is 2.06 bits per heavy atom. The first-order valence-electron chi connectivity index (χ1n) is 5.63. The summed E-state index contributed by atoms with van der Waals surface area (Å²) in [7, 11) is 0. The summed E-state index contributed by atoms with van der Waals surface area (Å²) in [5.41, 5.74) is 7.05. The molecule has 0 amide bonds. The molecule has 1 saturated heterocycles. The Morgan fingerprint density at radius 1 is 1.31 bits per heavy atom. The predicted molar refractivity (Wildman–Crippen MR) is 60.5 cm³/mol. The number of hydrogen-bond acceptors (Lipinski definition) is 4. The van der Waals surface area contributed by atoms with E-state index in [1.165, 1.54) is 5.56 Å². The van der Waals surface area contributed by atoms with Crippen LogP contribution in [0.5, 0.6) is 11.5 Å². The third-order valence-electron chi connectivity index (χ3n) is 3.36. The number of nitrogens with zero attached hydrogens (tertiary/aromatic N) is 1. The van der Waals surface area contributed by atoms with Gasteiger partial charge in [0.2, 0.25) is 6.79 Å². The maximum atomic E-state index is 5.79. The van der Waals surface area contributed by atoms with Crippen molar-refractivity contribution in [1.82, 2.24) is 4.90 Å². The van der Waals surface area contributed by atoms with Crippen LogP contribution >= 0.6 is 0 Å². The van der Waals surface area contributed by atoms with Gasteiger partial charge in [0, 0.05) is 25.2 Å². The number of benzene rings is 1. The molecular formula is C12H16N2O2. The number of likely N-dealkylation sites (tertiary alicyclic amines) is 1. The van der Waals surface area contributed by atoms with Gasteiger partial charge in [-0.2, -0.15) is 0 Å². The van der Waals surface area contributed by atoms with Crippen molar-refractivity contribution in [3.63, 3.8) is 0 Å². The molecule has 0 spiro atoms. The van der Waals surface area contributed by atoms with Gasteiger partial charge in [-0.25, -0.2) is 0 Å². The zero-order chi connectivity index (χ0) is 11.1. The molecule has 86 valence electrons. The molecule has 0 radical (unpaired) electrons. The van der Waals surface area contributed by atoms with Gasteiger partial charge >= 0.3 is 0 Å². The van der Waals surface area contributed by atoms with E-state index in [0.29, 0.717) is 18.9 Å². The molecular weight excluding hydrogens is 204 g/mol. The Labute approximate surface area is 94.9 Å². The van der Waals surface area contributed by atoms with Crippen LogP contribution in [0.3, 0.4) is 0 Å². The molecule has 0 aliphatic carbocycles. The fraction of sp³-hybridized carbons (Fsp3) is 0.500. The second-order valence-electron chi connectivity index (χ2n) is 4.50. The smallest absolute Gasteiger partial charge is 0.231 e. The number of fused-ring (bicyclic) bond motifs is 1. The second-order valence-corrected chi connectivity index (χ2v) is 4.50. The number of hydrogen-bond donors (Lipinski definition) is 1. The molecule has 4 heteroatoms.